The summed E-state index contributed by atoms with van der Waals surface area (Å²) >= 11 is 5.46. The van der Waals surface area contributed by atoms with Gasteiger partial charge < -0.3 is 0 Å². The third-order valence-electron chi connectivity index (χ3n) is 2.24. The lowest BCUT2D eigenvalue weighted by Crippen LogP contribution is -1.91. The first-order chi connectivity index (χ1) is 9.51. The number of aldehydes is 2. The maximum absolute atomic E-state index is 12.5. The van der Waals surface area contributed by atoms with Crippen LogP contribution in [0.25, 0.3) is 0 Å². The van der Waals surface area contributed by atoms with Crippen LogP contribution in [0, 0.1) is 17.5 Å². The van der Waals surface area contributed by atoms with Gasteiger partial charge in [-0.3, -0.25) is 9.59 Å². The number of rotatable bonds is 2. The largest absolute Gasteiger partial charge is 0.298 e. The van der Waals surface area contributed by atoms with Gasteiger partial charge in [0.1, 0.15) is 17.5 Å². The summed E-state index contributed by atoms with van der Waals surface area (Å²) in [5.74, 6) is -2.23. The number of halogens is 4. The lowest BCUT2D eigenvalue weighted by molar-refractivity contribution is 0.111. The second-order valence-electron chi connectivity index (χ2n) is 3.51. The van der Waals surface area contributed by atoms with Crippen molar-refractivity contribution in [3.05, 3.63) is 70.0 Å². The Morgan fingerprint density at radius 2 is 1.15 bits per heavy atom. The molecular formula is C14H8ClF3O2. The first-order valence-electron chi connectivity index (χ1n) is 5.29. The number of carbonyl (C=O) groups excluding carboxylic acids is 2. The maximum atomic E-state index is 12.5. The Kier molecular flexibility index (Phi) is 5.93. The van der Waals surface area contributed by atoms with E-state index in [1.54, 1.807) is 0 Å². The lowest BCUT2D eigenvalue weighted by atomic mass is 10.2. The Bertz CT molecular complexity index is 534. The third-order valence-corrected chi connectivity index (χ3v) is 2.56. The summed E-state index contributed by atoms with van der Waals surface area (Å²) in [6, 6.07) is 7.38. The predicted octanol–water partition coefficient (Wildman–Crippen LogP) is 4.07. The molecule has 0 aliphatic heterocycles. The van der Waals surface area contributed by atoms with E-state index in [4.69, 9.17) is 11.6 Å². The van der Waals surface area contributed by atoms with Crippen LogP contribution in [-0.4, -0.2) is 12.6 Å². The summed E-state index contributed by atoms with van der Waals surface area (Å²) in [6.07, 6.45) is 0.558. The molecule has 0 radical (unpaired) electrons. The fourth-order valence-corrected chi connectivity index (χ4v) is 1.45. The lowest BCUT2D eigenvalue weighted by Gasteiger charge is -1.94. The van der Waals surface area contributed by atoms with Crippen molar-refractivity contribution in [2.45, 2.75) is 0 Å². The minimum atomic E-state index is -0.824. The Balaban J connectivity index is 0.000000200. The standard InChI is InChI=1S/C7H4ClFO.C7H4F2O/c2*8-6-2-1-3-7(9)5(6)4-10/h2*1-4H. The Labute approximate surface area is 117 Å². The van der Waals surface area contributed by atoms with Crippen molar-refractivity contribution in [1.29, 1.82) is 0 Å². The van der Waals surface area contributed by atoms with Crippen molar-refractivity contribution in [3.63, 3.8) is 0 Å². The quantitative estimate of drug-likeness (QED) is 0.784. The average Bonchev–Trinajstić information content (AvgIpc) is 2.40. The highest BCUT2D eigenvalue weighted by Gasteiger charge is 2.05. The van der Waals surface area contributed by atoms with Crippen molar-refractivity contribution >= 4 is 24.2 Å². The molecule has 0 fully saturated rings. The van der Waals surface area contributed by atoms with E-state index in [0.717, 1.165) is 12.1 Å². The van der Waals surface area contributed by atoms with E-state index in [2.05, 4.69) is 0 Å². The van der Waals surface area contributed by atoms with Gasteiger partial charge in [-0.05, 0) is 24.3 Å². The van der Waals surface area contributed by atoms with E-state index in [0.29, 0.717) is 6.29 Å². The van der Waals surface area contributed by atoms with Gasteiger partial charge in [0.05, 0.1) is 16.1 Å². The van der Waals surface area contributed by atoms with E-state index >= 15 is 0 Å². The highest BCUT2D eigenvalue weighted by atomic mass is 35.5. The predicted molar refractivity (Wildman–Crippen MR) is 68.5 cm³/mol. The highest BCUT2D eigenvalue weighted by Crippen LogP contribution is 2.15. The molecule has 2 aromatic carbocycles. The molecule has 0 spiro atoms. The van der Waals surface area contributed by atoms with Gasteiger partial charge in [-0.15, -0.1) is 0 Å². The monoisotopic (exact) mass is 300 g/mol. The van der Waals surface area contributed by atoms with E-state index in [-0.39, 0.29) is 16.9 Å². The second kappa shape index (κ2) is 7.45. The molecule has 0 aliphatic rings. The van der Waals surface area contributed by atoms with Gasteiger partial charge in [0, 0.05) is 0 Å². The summed E-state index contributed by atoms with van der Waals surface area (Å²) in [5, 5.41) is 0.148. The van der Waals surface area contributed by atoms with Crippen molar-refractivity contribution in [2.24, 2.45) is 0 Å². The van der Waals surface area contributed by atoms with Gasteiger partial charge >= 0.3 is 0 Å². The van der Waals surface area contributed by atoms with Crippen LogP contribution in [0.2, 0.25) is 5.02 Å². The van der Waals surface area contributed by atoms with E-state index in [9.17, 15) is 22.8 Å². The molecule has 0 aliphatic carbocycles. The van der Waals surface area contributed by atoms with Crippen molar-refractivity contribution < 1.29 is 22.8 Å². The van der Waals surface area contributed by atoms with E-state index in [1.807, 2.05) is 0 Å². The van der Waals surface area contributed by atoms with Gasteiger partial charge in [-0.2, -0.15) is 0 Å². The fourth-order valence-electron chi connectivity index (χ4n) is 1.25. The highest BCUT2D eigenvalue weighted by molar-refractivity contribution is 6.32. The summed E-state index contributed by atoms with van der Waals surface area (Å²) in [5.41, 5.74) is -0.591. The van der Waals surface area contributed by atoms with Gasteiger partial charge in [-0.1, -0.05) is 23.7 Å². The molecule has 0 saturated carbocycles. The molecule has 0 atom stereocenters. The van der Waals surface area contributed by atoms with E-state index in [1.165, 1.54) is 24.3 Å². The van der Waals surface area contributed by atoms with Crippen LogP contribution in [0.4, 0.5) is 13.2 Å². The molecule has 104 valence electrons. The summed E-state index contributed by atoms with van der Waals surface area (Å²) in [7, 11) is 0. The number of benzene rings is 2. The zero-order chi connectivity index (χ0) is 15.1. The van der Waals surface area contributed by atoms with Crippen LogP contribution in [-0.2, 0) is 0 Å². The van der Waals surface area contributed by atoms with Crippen LogP contribution in [0.1, 0.15) is 20.7 Å². The number of hydrogen-bond donors (Lipinski definition) is 0. The molecule has 0 amide bonds. The number of carbonyl (C=O) groups is 2. The first kappa shape index (κ1) is 15.9. The molecular weight excluding hydrogens is 293 g/mol. The van der Waals surface area contributed by atoms with Crippen LogP contribution in [0.3, 0.4) is 0 Å². The minimum absolute atomic E-state index is 0.0795. The Hall–Kier alpha value is -2.14. The van der Waals surface area contributed by atoms with Gasteiger partial charge in [0.15, 0.2) is 12.6 Å². The SMILES string of the molecule is O=Cc1c(F)cccc1Cl.O=Cc1c(F)cccc1F. The first-order valence-corrected chi connectivity index (χ1v) is 5.67. The van der Waals surface area contributed by atoms with Gasteiger partial charge in [-0.25, -0.2) is 13.2 Å². The normalized spacial score (nSPS) is 9.40. The molecule has 20 heavy (non-hydrogen) atoms. The minimum Gasteiger partial charge on any atom is -0.298 e. The Morgan fingerprint density at radius 1 is 0.750 bits per heavy atom. The topological polar surface area (TPSA) is 34.1 Å². The summed E-state index contributed by atoms with van der Waals surface area (Å²) in [6.45, 7) is 0. The molecule has 2 aromatic rings. The van der Waals surface area contributed by atoms with Crippen LogP contribution in [0.5, 0.6) is 0 Å². The zero-order valence-electron chi connectivity index (χ0n) is 9.95. The van der Waals surface area contributed by atoms with Crippen molar-refractivity contribution in [3.8, 4) is 0 Å². The Morgan fingerprint density at radius 3 is 1.45 bits per heavy atom. The molecule has 2 rings (SSSR count). The third kappa shape index (κ3) is 3.93. The summed E-state index contributed by atoms with van der Waals surface area (Å²) in [4.78, 5) is 20.1. The van der Waals surface area contributed by atoms with Crippen LogP contribution < -0.4 is 0 Å². The average molecular weight is 301 g/mol. The fraction of sp³-hybridized carbons (Fsp3) is 0. The molecule has 0 heterocycles. The van der Waals surface area contributed by atoms with Gasteiger partial charge in [0.25, 0.3) is 0 Å². The molecule has 0 bridgehead atoms. The summed E-state index contributed by atoms with van der Waals surface area (Å²) < 4.78 is 37.3. The number of hydrogen-bond acceptors (Lipinski definition) is 2. The smallest absolute Gasteiger partial charge is 0.155 e. The molecule has 0 N–H and O–H groups in total. The zero-order valence-corrected chi connectivity index (χ0v) is 10.7. The molecule has 0 saturated heterocycles. The van der Waals surface area contributed by atoms with Crippen LogP contribution >= 0.6 is 11.6 Å². The second-order valence-corrected chi connectivity index (χ2v) is 3.91. The van der Waals surface area contributed by atoms with E-state index < -0.39 is 23.0 Å². The van der Waals surface area contributed by atoms with Gasteiger partial charge in [0.2, 0.25) is 0 Å². The molecule has 0 unspecified atom stereocenters. The molecule has 6 heteroatoms. The maximum Gasteiger partial charge on any atom is 0.155 e. The molecule has 0 aromatic heterocycles. The molecule has 2 nitrogen and oxygen atoms in total. The van der Waals surface area contributed by atoms with Crippen molar-refractivity contribution in [1.82, 2.24) is 0 Å². The van der Waals surface area contributed by atoms with Crippen LogP contribution in [0.15, 0.2) is 36.4 Å². The van der Waals surface area contributed by atoms with Crippen molar-refractivity contribution in [2.75, 3.05) is 0 Å².